The predicted octanol–water partition coefficient (Wildman–Crippen LogP) is 2.67. The predicted molar refractivity (Wildman–Crippen MR) is 62.6 cm³/mol. The van der Waals surface area contributed by atoms with Gasteiger partial charge >= 0.3 is 0 Å². The van der Waals surface area contributed by atoms with Gasteiger partial charge in [0.05, 0.1) is 0 Å². The molecule has 1 aromatic rings. The minimum atomic E-state index is -0.243. The molecular weight excluding hydrogens is 205 g/mol. The Morgan fingerprint density at radius 1 is 1.38 bits per heavy atom. The third kappa shape index (κ3) is 4.43. The summed E-state index contributed by atoms with van der Waals surface area (Å²) in [6.45, 7) is 4.01. The van der Waals surface area contributed by atoms with E-state index in [1.54, 1.807) is 12.1 Å². The largest absolute Gasteiger partial charge is 0.354 e. The number of halogens is 1. The van der Waals surface area contributed by atoms with Crippen molar-refractivity contribution in [1.82, 2.24) is 5.32 Å². The monoisotopic (exact) mass is 223 g/mol. The lowest BCUT2D eigenvalue weighted by Gasteiger charge is -2.11. The molecule has 2 nitrogen and oxygen atoms in total. The molecule has 3 heteroatoms. The second-order valence-corrected chi connectivity index (χ2v) is 4.00. The normalized spacial score (nSPS) is 12.2. The Kier molecular flexibility index (Phi) is 4.96. The molecule has 16 heavy (non-hydrogen) atoms. The molecule has 0 aromatic heterocycles. The van der Waals surface area contributed by atoms with Crippen LogP contribution in [0.2, 0.25) is 0 Å². The molecule has 0 heterocycles. The number of nitrogens with one attached hydrogen (secondary N) is 1. The van der Waals surface area contributed by atoms with Gasteiger partial charge in [0.1, 0.15) is 5.82 Å². The number of hydrogen-bond donors (Lipinski definition) is 1. The highest BCUT2D eigenvalue weighted by atomic mass is 19.1. The maximum Gasteiger partial charge on any atom is 0.220 e. The van der Waals surface area contributed by atoms with Crippen LogP contribution in [0.4, 0.5) is 4.39 Å². The van der Waals surface area contributed by atoms with Crippen molar-refractivity contribution in [2.75, 3.05) is 0 Å². The molecule has 0 radical (unpaired) electrons. The Labute approximate surface area is 95.9 Å². The van der Waals surface area contributed by atoms with Crippen LogP contribution in [0.25, 0.3) is 0 Å². The quantitative estimate of drug-likeness (QED) is 0.817. The lowest BCUT2D eigenvalue weighted by Crippen LogP contribution is -2.31. The molecule has 1 N–H and O–H groups in total. The van der Waals surface area contributed by atoms with Crippen LogP contribution in [-0.2, 0) is 11.2 Å². The number of rotatable bonds is 5. The van der Waals surface area contributed by atoms with Gasteiger partial charge in [0.25, 0.3) is 0 Å². The van der Waals surface area contributed by atoms with Gasteiger partial charge in [-0.25, -0.2) is 4.39 Å². The SMILES string of the molecule is CCC(C)NC(=O)CCc1ccc(F)cc1. The van der Waals surface area contributed by atoms with Crippen LogP contribution in [0.3, 0.4) is 0 Å². The third-order valence-electron chi connectivity index (χ3n) is 2.57. The van der Waals surface area contributed by atoms with Crippen molar-refractivity contribution in [1.29, 1.82) is 0 Å². The molecule has 0 aliphatic rings. The lowest BCUT2D eigenvalue weighted by atomic mass is 10.1. The topological polar surface area (TPSA) is 29.1 Å². The first-order chi connectivity index (χ1) is 7.61. The van der Waals surface area contributed by atoms with Crippen molar-refractivity contribution in [3.63, 3.8) is 0 Å². The highest BCUT2D eigenvalue weighted by Crippen LogP contribution is 2.05. The summed E-state index contributed by atoms with van der Waals surface area (Å²) in [4.78, 5) is 11.5. The van der Waals surface area contributed by atoms with Crippen molar-refractivity contribution >= 4 is 5.91 Å². The molecule has 1 rings (SSSR count). The van der Waals surface area contributed by atoms with Gasteiger partial charge in [0.2, 0.25) is 5.91 Å². The van der Waals surface area contributed by atoms with E-state index in [-0.39, 0.29) is 17.8 Å². The van der Waals surface area contributed by atoms with E-state index in [1.165, 1.54) is 12.1 Å². The van der Waals surface area contributed by atoms with Crippen LogP contribution in [0.15, 0.2) is 24.3 Å². The fourth-order valence-electron chi connectivity index (χ4n) is 1.36. The van der Waals surface area contributed by atoms with Crippen LogP contribution in [-0.4, -0.2) is 11.9 Å². The summed E-state index contributed by atoms with van der Waals surface area (Å²) >= 11 is 0. The maximum atomic E-state index is 12.6. The molecule has 0 bridgehead atoms. The van der Waals surface area contributed by atoms with Gasteiger partial charge in [-0.2, -0.15) is 0 Å². The summed E-state index contributed by atoms with van der Waals surface area (Å²) in [6, 6.07) is 6.49. The first-order valence-electron chi connectivity index (χ1n) is 5.65. The van der Waals surface area contributed by atoms with Gasteiger partial charge in [-0.05, 0) is 37.5 Å². The van der Waals surface area contributed by atoms with E-state index >= 15 is 0 Å². The molecule has 1 amide bonds. The smallest absolute Gasteiger partial charge is 0.220 e. The molecular formula is C13H18FNO. The Morgan fingerprint density at radius 3 is 2.56 bits per heavy atom. The van der Waals surface area contributed by atoms with Crippen molar-refractivity contribution in [3.8, 4) is 0 Å². The third-order valence-corrected chi connectivity index (χ3v) is 2.57. The van der Waals surface area contributed by atoms with Gasteiger partial charge in [0.15, 0.2) is 0 Å². The molecule has 1 aromatic carbocycles. The molecule has 1 atom stereocenters. The molecule has 1 unspecified atom stereocenters. The van der Waals surface area contributed by atoms with Crippen LogP contribution < -0.4 is 5.32 Å². The lowest BCUT2D eigenvalue weighted by molar-refractivity contribution is -0.121. The van der Waals surface area contributed by atoms with Crippen molar-refractivity contribution in [3.05, 3.63) is 35.6 Å². The average molecular weight is 223 g/mol. The fraction of sp³-hybridized carbons (Fsp3) is 0.462. The zero-order valence-electron chi connectivity index (χ0n) is 9.79. The molecule has 0 fully saturated rings. The minimum Gasteiger partial charge on any atom is -0.354 e. The molecule has 0 spiro atoms. The van der Waals surface area contributed by atoms with Gasteiger partial charge < -0.3 is 5.32 Å². The molecule has 0 saturated heterocycles. The van der Waals surface area contributed by atoms with Gasteiger partial charge in [-0.1, -0.05) is 19.1 Å². The van der Waals surface area contributed by atoms with Gasteiger partial charge in [0, 0.05) is 12.5 Å². The Balaban J connectivity index is 2.34. The Morgan fingerprint density at radius 2 is 2.00 bits per heavy atom. The maximum absolute atomic E-state index is 12.6. The van der Waals surface area contributed by atoms with E-state index in [9.17, 15) is 9.18 Å². The first kappa shape index (κ1) is 12.7. The second-order valence-electron chi connectivity index (χ2n) is 4.00. The number of aryl methyl sites for hydroxylation is 1. The molecule has 88 valence electrons. The number of carbonyl (C=O) groups is 1. The number of carbonyl (C=O) groups excluding carboxylic acids is 1. The van der Waals surface area contributed by atoms with Crippen LogP contribution >= 0.6 is 0 Å². The summed E-state index contributed by atoms with van der Waals surface area (Å²) in [7, 11) is 0. The zero-order chi connectivity index (χ0) is 12.0. The highest BCUT2D eigenvalue weighted by molar-refractivity contribution is 5.76. The van der Waals surface area contributed by atoms with E-state index in [0.717, 1.165) is 12.0 Å². The number of hydrogen-bond acceptors (Lipinski definition) is 1. The Bertz CT molecular complexity index is 334. The standard InChI is InChI=1S/C13H18FNO/c1-3-10(2)15-13(16)9-6-11-4-7-12(14)8-5-11/h4-5,7-8,10H,3,6,9H2,1-2H3,(H,15,16). The summed E-state index contributed by atoms with van der Waals surface area (Å²) in [5.74, 6) is -0.188. The first-order valence-corrected chi connectivity index (χ1v) is 5.65. The van der Waals surface area contributed by atoms with Gasteiger partial charge in [-0.3, -0.25) is 4.79 Å². The van der Waals surface area contributed by atoms with Crippen LogP contribution in [0.5, 0.6) is 0 Å². The summed E-state index contributed by atoms with van der Waals surface area (Å²) in [5.41, 5.74) is 0.987. The molecule has 0 aliphatic heterocycles. The van der Waals surface area contributed by atoms with Crippen LogP contribution in [0.1, 0.15) is 32.3 Å². The fourth-order valence-corrected chi connectivity index (χ4v) is 1.36. The summed E-state index contributed by atoms with van der Waals surface area (Å²) in [5, 5.41) is 2.90. The van der Waals surface area contributed by atoms with E-state index < -0.39 is 0 Å². The number of amides is 1. The van der Waals surface area contributed by atoms with E-state index in [1.807, 2.05) is 13.8 Å². The minimum absolute atomic E-state index is 0.0543. The van der Waals surface area contributed by atoms with E-state index in [2.05, 4.69) is 5.32 Å². The van der Waals surface area contributed by atoms with Crippen LogP contribution in [0, 0.1) is 5.82 Å². The average Bonchev–Trinajstić information content (AvgIpc) is 2.28. The van der Waals surface area contributed by atoms with E-state index in [4.69, 9.17) is 0 Å². The molecule has 0 saturated carbocycles. The van der Waals surface area contributed by atoms with Crippen molar-refractivity contribution in [2.45, 2.75) is 39.2 Å². The number of benzene rings is 1. The summed E-state index contributed by atoms with van der Waals surface area (Å²) < 4.78 is 12.6. The molecule has 0 aliphatic carbocycles. The van der Waals surface area contributed by atoms with Crippen molar-refractivity contribution < 1.29 is 9.18 Å². The Hall–Kier alpha value is -1.38. The van der Waals surface area contributed by atoms with E-state index in [0.29, 0.717) is 12.8 Å². The zero-order valence-corrected chi connectivity index (χ0v) is 9.79. The van der Waals surface area contributed by atoms with Crippen molar-refractivity contribution in [2.24, 2.45) is 0 Å². The summed E-state index contributed by atoms with van der Waals surface area (Å²) in [6.07, 6.45) is 2.04. The van der Waals surface area contributed by atoms with Gasteiger partial charge in [-0.15, -0.1) is 0 Å². The highest BCUT2D eigenvalue weighted by Gasteiger charge is 2.05. The second kappa shape index (κ2) is 6.26.